The van der Waals surface area contributed by atoms with Crippen molar-refractivity contribution in [3.05, 3.63) is 24.0 Å². The number of aliphatic hydroxyl groups is 1. The SMILES string of the molecule is CCC1CCC(O)(CNc2ccnc(C(=O)OC)c2)CC1. The summed E-state index contributed by atoms with van der Waals surface area (Å²) in [5, 5.41) is 13.8. The zero-order valence-corrected chi connectivity index (χ0v) is 12.8. The largest absolute Gasteiger partial charge is 0.464 e. The molecule has 1 aromatic heterocycles. The molecule has 1 aliphatic rings. The van der Waals surface area contributed by atoms with Gasteiger partial charge in [0.2, 0.25) is 0 Å². The summed E-state index contributed by atoms with van der Waals surface area (Å²) in [4.78, 5) is 15.4. The number of carbonyl (C=O) groups excluding carboxylic acids is 1. The topological polar surface area (TPSA) is 71.5 Å². The van der Waals surface area contributed by atoms with Gasteiger partial charge >= 0.3 is 5.97 Å². The zero-order valence-electron chi connectivity index (χ0n) is 12.8. The molecule has 1 aliphatic carbocycles. The summed E-state index contributed by atoms with van der Waals surface area (Å²) in [7, 11) is 1.33. The number of nitrogens with zero attached hydrogens (tertiary/aromatic N) is 1. The lowest BCUT2D eigenvalue weighted by Gasteiger charge is -2.36. The second-order valence-electron chi connectivity index (χ2n) is 5.85. The second-order valence-corrected chi connectivity index (χ2v) is 5.85. The van der Waals surface area contributed by atoms with Gasteiger partial charge in [-0.3, -0.25) is 0 Å². The first-order valence-corrected chi connectivity index (χ1v) is 7.57. The number of hydrogen-bond donors (Lipinski definition) is 2. The molecule has 1 fully saturated rings. The fourth-order valence-electron chi connectivity index (χ4n) is 2.82. The third kappa shape index (κ3) is 4.17. The highest BCUT2D eigenvalue weighted by molar-refractivity contribution is 5.88. The molecule has 2 N–H and O–H groups in total. The molecule has 0 bridgehead atoms. The molecule has 0 saturated heterocycles. The predicted octanol–water partition coefficient (Wildman–Crippen LogP) is 2.61. The fraction of sp³-hybridized carbons (Fsp3) is 0.625. The van der Waals surface area contributed by atoms with Crippen LogP contribution in [0.5, 0.6) is 0 Å². The second kappa shape index (κ2) is 6.89. The number of nitrogens with one attached hydrogen (secondary N) is 1. The van der Waals surface area contributed by atoms with Gasteiger partial charge in [-0.05, 0) is 43.7 Å². The third-order valence-electron chi connectivity index (χ3n) is 4.39. The Bertz CT molecular complexity index is 482. The average molecular weight is 292 g/mol. The Kier molecular flexibility index (Phi) is 5.17. The summed E-state index contributed by atoms with van der Waals surface area (Å²) < 4.78 is 4.65. The van der Waals surface area contributed by atoms with Gasteiger partial charge in [-0.1, -0.05) is 13.3 Å². The van der Waals surface area contributed by atoms with E-state index in [1.54, 1.807) is 18.3 Å². The molecule has 2 rings (SSSR count). The quantitative estimate of drug-likeness (QED) is 0.816. The van der Waals surface area contributed by atoms with Gasteiger partial charge in [-0.15, -0.1) is 0 Å². The van der Waals surface area contributed by atoms with E-state index in [1.165, 1.54) is 13.5 Å². The Hall–Kier alpha value is -1.62. The van der Waals surface area contributed by atoms with Crippen molar-refractivity contribution in [2.24, 2.45) is 5.92 Å². The van der Waals surface area contributed by atoms with Crippen LogP contribution in [0, 0.1) is 5.92 Å². The van der Waals surface area contributed by atoms with Gasteiger partial charge in [0.15, 0.2) is 0 Å². The molecule has 116 valence electrons. The van der Waals surface area contributed by atoms with E-state index < -0.39 is 11.6 Å². The summed E-state index contributed by atoms with van der Waals surface area (Å²) in [5.41, 5.74) is 0.390. The number of pyridine rings is 1. The van der Waals surface area contributed by atoms with Gasteiger partial charge in [0.1, 0.15) is 5.69 Å². The van der Waals surface area contributed by atoms with E-state index in [0.29, 0.717) is 6.54 Å². The van der Waals surface area contributed by atoms with Crippen molar-refractivity contribution in [1.82, 2.24) is 4.98 Å². The molecule has 1 aromatic rings. The van der Waals surface area contributed by atoms with Crippen LogP contribution in [0.2, 0.25) is 0 Å². The molecule has 0 spiro atoms. The van der Waals surface area contributed by atoms with Crippen LogP contribution in [0.1, 0.15) is 49.5 Å². The summed E-state index contributed by atoms with van der Waals surface area (Å²) in [5.74, 6) is 0.290. The van der Waals surface area contributed by atoms with Crippen molar-refractivity contribution in [2.45, 2.75) is 44.6 Å². The normalized spacial score (nSPS) is 25.4. The molecule has 21 heavy (non-hydrogen) atoms. The lowest BCUT2D eigenvalue weighted by molar-refractivity contribution is 0.00229. The van der Waals surface area contributed by atoms with Gasteiger partial charge in [0.25, 0.3) is 0 Å². The highest BCUT2D eigenvalue weighted by Gasteiger charge is 2.32. The molecule has 0 aromatic carbocycles. The molecule has 0 atom stereocenters. The number of anilines is 1. The van der Waals surface area contributed by atoms with E-state index in [2.05, 4.69) is 22.0 Å². The van der Waals surface area contributed by atoms with Crippen LogP contribution in [-0.2, 0) is 4.74 Å². The van der Waals surface area contributed by atoms with E-state index in [4.69, 9.17) is 0 Å². The van der Waals surface area contributed by atoms with E-state index in [1.807, 2.05) is 0 Å². The van der Waals surface area contributed by atoms with Gasteiger partial charge in [-0.2, -0.15) is 0 Å². The minimum Gasteiger partial charge on any atom is -0.464 e. The van der Waals surface area contributed by atoms with Crippen molar-refractivity contribution in [2.75, 3.05) is 19.0 Å². The van der Waals surface area contributed by atoms with E-state index in [9.17, 15) is 9.90 Å². The Labute approximate surface area is 125 Å². The van der Waals surface area contributed by atoms with Crippen molar-refractivity contribution in [1.29, 1.82) is 0 Å². The first-order chi connectivity index (χ1) is 10.1. The molecule has 0 unspecified atom stereocenters. The fourth-order valence-corrected chi connectivity index (χ4v) is 2.82. The van der Waals surface area contributed by atoms with Gasteiger partial charge in [0, 0.05) is 18.4 Å². The van der Waals surface area contributed by atoms with Crippen LogP contribution in [0.15, 0.2) is 18.3 Å². The monoisotopic (exact) mass is 292 g/mol. The Morgan fingerprint density at radius 3 is 2.86 bits per heavy atom. The number of aromatic nitrogens is 1. The van der Waals surface area contributed by atoms with Gasteiger partial charge in [0.05, 0.1) is 12.7 Å². The van der Waals surface area contributed by atoms with E-state index >= 15 is 0 Å². The summed E-state index contributed by atoms with van der Waals surface area (Å²) >= 11 is 0. The molecule has 5 heteroatoms. The Balaban J connectivity index is 1.92. The number of esters is 1. The lowest BCUT2D eigenvalue weighted by atomic mass is 9.78. The van der Waals surface area contributed by atoms with Crippen LogP contribution in [-0.4, -0.2) is 35.3 Å². The van der Waals surface area contributed by atoms with Crippen molar-refractivity contribution in [3.63, 3.8) is 0 Å². The summed E-state index contributed by atoms with van der Waals surface area (Å²) in [6.07, 6.45) is 6.57. The van der Waals surface area contributed by atoms with Gasteiger partial charge in [-0.25, -0.2) is 9.78 Å². The van der Waals surface area contributed by atoms with E-state index in [-0.39, 0.29) is 5.69 Å². The van der Waals surface area contributed by atoms with Crippen LogP contribution >= 0.6 is 0 Å². The number of rotatable bonds is 5. The Morgan fingerprint density at radius 1 is 1.52 bits per heavy atom. The van der Waals surface area contributed by atoms with Crippen molar-refractivity contribution in [3.8, 4) is 0 Å². The average Bonchev–Trinajstić information content (AvgIpc) is 2.53. The smallest absolute Gasteiger partial charge is 0.356 e. The molecule has 0 aliphatic heterocycles. The maximum absolute atomic E-state index is 11.4. The van der Waals surface area contributed by atoms with Crippen LogP contribution in [0.3, 0.4) is 0 Å². The number of hydrogen-bond acceptors (Lipinski definition) is 5. The molecule has 5 nitrogen and oxygen atoms in total. The minimum atomic E-state index is -0.652. The van der Waals surface area contributed by atoms with Crippen LogP contribution < -0.4 is 5.32 Å². The predicted molar refractivity (Wildman–Crippen MR) is 81.3 cm³/mol. The third-order valence-corrected chi connectivity index (χ3v) is 4.39. The van der Waals surface area contributed by atoms with Crippen molar-refractivity contribution >= 4 is 11.7 Å². The maximum Gasteiger partial charge on any atom is 0.356 e. The van der Waals surface area contributed by atoms with E-state index in [0.717, 1.165) is 37.3 Å². The standard InChI is InChI=1S/C16H24N2O3/c1-3-12-4-7-16(20,8-5-12)11-18-13-6-9-17-14(10-13)15(19)21-2/h6,9-10,12,20H,3-5,7-8,11H2,1-2H3,(H,17,18). The van der Waals surface area contributed by atoms with Gasteiger partial charge < -0.3 is 15.2 Å². The first-order valence-electron chi connectivity index (χ1n) is 7.57. The summed E-state index contributed by atoms with van der Waals surface area (Å²) in [6, 6.07) is 3.43. The lowest BCUT2D eigenvalue weighted by Crippen LogP contribution is -2.40. The van der Waals surface area contributed by atoms with Crippen LogP contribution in [0.25, 0.3) is 0 Å². The molecule has 0 amide bonds. The minimum absolute atomic E-state index is 0.268. The molecular formula is C16H24N2O3. The number of methoxy groups -OCH3 is 1. The molecular weight excluding hydrogens is 268 g/mol. The number of carbonyl (C=O) groups is 1. The van der Waals surface area contributed by atoms with Crippen LogP contribution in [0.4, 0.5) is 5.69 Å². The molecule has 0 radical (unpaired) electrons. The summed E-state index contributed by atoms with van der Waals surface area (Å²) in [6.45, 7) is 2.70. The highest BCUT2D eigenvalue weighted by atomic mass is 16.5. The molecule has 1 saturated carbocycles. The number of ether oxygens (including phenoxy) is 1. The maximum atomic E-state index is 11.4. The Morgan fingerprint density at radius 2 is 2.24 bits per heavy atom. The highest BCUT2D eigenvalue weighted by Crippen LogP contribution is 2.33. The van der Waals surface area contributed by atoms with Crippen molar-refractivity contribution < 1.29 is 14.6 Å². The molecule has 1 heterocycles. The first kappa shape index (κ1) is 15.8. The zero-order chi connectivity index (χ0) is 15.3.